The molecule has 1 aliphatic heterocycles. The molecule has 0 aliphatic carbocycles. The highest BCUT2D eigenvalue weighted by Gasteiger charge is 2.14. The average molecular weight is 385 g/mol. The first-order valence-electron chi connectivity index (χ1n) is 7.39. The third kappa shape index (κ3) is 7.04. The zero-order valence-electron chi connectivity index (χ0n) is 13.5. The Morgan fingerprint density at radius 1 is 1.17 bits per heavy atom. The van der Waals surface area contributed by atoms with Crippen molar-refractivity contribution >= 4 is 54.6 Å². The maximum atomic E-state index is 5.90. The monoisotopic (exact) mass is 383 g/mol. The van der Waals surface area contributed by atoms with E-state index >= 15 is 0 Å². The van der Waals surface area contributed by atoms with Crippen LogP contribution >= 0.6 is 37.2 Å². The average Bonchev–Trinajstić information content (AvgIpc) is 2.48. The van der Waals surface area contributed by atoms with Crippen molar-refractivity contribution in [3.05, 3.63) is 23.8 Å². The summed E-state index contributed by atoms with van der Waals surface area (Å²) in [4.78, 5) is 6.56. The van der Waals surface area contributed by atoms with Crippen molar-refractivity contribution in [3.63, 3.8) is 0 Å². The number of aliphatic imine (C=N–C) groups is 1. The summed E-state index contributed by atoms with van der Waals surface area (Å²) in [5, 5.41) is 3.10. The van der Waals surface area contributed by atoms with Gasteiger partial charge in [-0.15, -0.1) is 37.2 Å². The number of nitrogens with two attached hydrogens (primary N) is 2. The maximum Gasteiger partial charge on any atom is 0.193 e. The van der Waals surface area contributed by atoms with E-state index in [1.54, 1.807) is 0 Å². The molecular weight excluding hydrogens is 357 g/mol. The first kappa shape index (κ1) is 24.4. The second-order valence-corrected chi connectivity index (χ2v) is 5.08. The molecule has 0 bridgehead atoms. The van der Waals surface area contributed by atoms with Gasteiger partial charge in [-0.25, -0.2) is 0 Å². The number of nitrogens with one attached hydrogen (secondary N) is 1. The molecule has 0 atom stereocenters. The molecule has 0 unspecified atom stereocenters. The lowest BCUT2D eigenvalue weighted by molar-refractivity contribution is 0.576. The van der Waals surface area contributed by atoms with Crippen molar-refractivity contribution in [2.75, 3.05) is 29.9 Å². The molecule has 0 aromatic heterocycles. The van der Waals surface area contributed by atoms with Gasteiger partial charge in [0.1, 0.15) is 0 Å². The molecule has 8 heteroatoms. The van der Waals surface area contributed by atoms with Crippen LogP contribution in [0.4, 0.5) is 11.4 Å². The number of benzene rings is 1. The summed E-state index contributed by atoms with van der Waals surface area (Å²) in [7, 11) is 0. The standard InChI is InChI=1S/C15H25N5.3ClH/c1-2-18-15(17)19-13-6-7-14(12(10-13)11-16)20-8-4-3-5-9-20;;;/h6-7,10H,2-5,8-9,11,16H2,1H3,(H3,17,18,19);3*1H. The Kier molecular flexibility index (Phi) is 13.3. The van der Waals surface area contributed by atoms with Gasteiger partial charge in [0.2, 0.25) is 0 Å². The summed E-state index contributed by atoms with van der Waals surface area (Å²) in [6, 6.07) is 6.25. The molecule has 2 rings (SSSR count). The Hall–Kier alpha value is -0.880. The molecule has 0 radical (unpaired) electrons. The molecule has 0 spiro atoms. The Morgan fingerprint density at radius 2 is 1.83 bits per heavy atom. The second-order valence-electron chi connectivity index (χ2n) is 5.08. The summed E-state index contributed by atoms with van der Waals surface area (Å²) >= 11 is 0. The largest absolute Gasteiger partial charge is 0.371 e. The third-order valence-electron chi connectivity index (χ3n) is 3.60. The van der Waals surface area contributed by atoms with Gasteiger partial charge in [0, 0.05) is 37.6 Å². The van der Waals surface area contributed by atoms with Crippen molar-refractivity contribution in [2.24, 2.45) is 16.5 Å². The summed E-state index contributed by atoms with van der Waals surface area (Å²) in [6.07, 6.45) is 3.86. The summed E-state index contributed by atoms with van der Waals surface area (Å²) < 4.78 is 0. The normalized spacial score (nSPS) is 14.2. The van der Waals surface area contributed by atoms with E-state index in [1.165, 1.54) is 24.9 Å². The van der Waals surface area contributed by atoms with Crippen LogP contribution in [0, 0.1) is 0 Å². The zero-order valence-corrected chi connectivity index (χ0v) is 15.9. The predicted molar refractivity (Wildman–Crippen MR) is 108 cm³/mol. The van der Waals surface area contributed by atoms with Crippen LogP contribution in [0.1, 0.15) is 31.7 Å². The number of hydrogen-bond donors (Lipinski definition) is 3. The summed E-state index contributed by atoms with van der Waals surface area (Å²) in [5.74, 6) is 0.446. The number of anilines is 2. The van der Waals surface area contributed by atoms with Crippen molar-refractivity contribution in [3.8, 4) is 0 Å². The zero-order chi connectivity index (χ0) is 14.4. The highest BCUT2D eigenvalue weighted by atomic mass is 35.5. The van der Waals surface area contributed by atoms with Crippen LogP contribution in [-0.2, 0) is 6.54 Å². The molecule has 1 aromatic carbocycles. The molecule has 23 heavy (non-hydrogen) atoms. The number of nitrogens with zero attached hydrogens (tertiary/aromatic N) is 2. The van der Waals surface area contributed by atoms with E-state index < -0.39 is 0 Å². The van der Waals surface area contributed by atoms with Crippen molar-refractivity contribution < 1.29 is 0 Å². The smallest absolute Gasteiger partial charge is 0.193 e. The maximum absolute atomic E-state index is 5.90. The van der Waals surface area contributed by atoms with E-state index in [1.807, 2.05) is 13.0 Å². The van der Waals surface area contributed by atoms with E-state index in [-0.39, 0.29) is 37.2 Å². The predicted octanol–water partition coefficient (Wildman–Crippen LogP) is 3.15. The lowest BCUT2D eigenvalue weighted by Crippen LogP contribution is -2.30. The molecule has 5 N–H and O–H groups in total. The van der Waals surface area contributed by atoms with E-state index in [0.29, 0.717) is 19.0 Å². The van der Waals surface area contributed by atoms with Crippen LogP contribution in [-0.4, -0.2) is 25.6 Å². The minimum atomic E-state index is 0. The van der Waals surface area contributed by atoms with Gasteiger partial charge in [0.15, 0.2) is 5.96 Å². The van der Waals surface area contributed by atoms with Gasteiger partial charge in [-0.05, 0) is 49.9 Å². The molecule has 1 heterocycles. The van der Waals surface area contributed by atoms with Crippen LogP contribution in [0.5, 0.6) is 0 Å². The summed E-state index contributed by atoms with van der Waals surface area (Å²) in [5.41, 5.74) is 15.0. The van der Waals surface area contributed by atoms with Gasteiger partial charge < -0.3 is 21.7 Å². The SMILES string of the molecule is CCN=C(N)Nc1ccc(N2CCCCC2)c(CN)c1.Cl.Cl.Cl. The quantitative estimate of drug-likeness (QED) is 0.550. The van der Waals surface area contributed by atoms with Gasteiger partial charge in [-0.2, -0.15) is 0 Å². The molecule has 0 saturated carbocycles. The Bertz CT molecular complexity index is 476. The molecule has 1 saturated heterocycles. The fraction of sp³-hybridized carbons (Fsp3) is 0.533. The first-order valence-corrected chi connectivity index (χ1v) is 7.39. The van der Waals surface area contributed by atoms with Crippen LogP contribution < -0.4 is 21.7 Å². The van der Waals surface area contributed by atoms with Gasteiger partial charge in [0.25, 0.3) is 0 Å². The van der Waals surface area contributed by atoms with E-state index in [4.69, 9.17) is 11.5 Å². The third-order valence-corrected chi connectivity index (χ3v) is 3.60. The van der Waals surface area contributed by atoms with Crippen LogP contribution in [0.3, 0.4) is 0 Å². The van der Waals surface area contributed by atoms with Crippen LogP contribution in [0.25, 0.3) is 0 Å². The molecule has 1 aliphatic rings. The van der Waals surface area contributed by atoms with E-state index in [0.717, 1.165) is 24.3 Å². The van der Waals surface area contributed by atoms with E-state index in [2.05, 4.69) is 27.3 Å². The van der Waals surface area contributed by atoms with E-state index in [9.17, 15) is 0 Å². The molecule has 1 aromatic rings. The number of rotatable bonds is 4. The topological polar surface area (TPSA) is 79.7 Å². The first-order chi connectivity index (χ1) is 9.74. The number of halogens is 3. The van der Waals surface area contributed by atoms with Gasteiger partial charge in [0.05, 0.1) is 0 Å². The number of hydrogen-bond acceptors (Lipinski definition) is 3. The fourth-order valence-electron chi connectivity index (χ4n) is 2.63. The molecule has 0 amide bonds. The highest BCUT2D eigenvalue weighted by molar-refractivity contribution is 5.92. The fourth-order valence-corrected chi connectivity index (χ4v) is 2.63. The molecule has 134 valence electrons. The van der Waals surface area contributed by atoms with Gasteiger partial charge in [-0.3, -0.25) is 4.99 Å². The van der Waals surface area contributed by atoms with Crippen LogP contribution in [0.15, 0.2) is 23.2 Å². The Labute approximate surface area is 157 Å². The number of guanidine groups is 1. The Balaban J connectivity index is 0. The lowest BCUT2D eigenvalue weighted by Gasteiger charge is -2.30. The van der Waals surface area contributed by atoms with Gasteiger partial charge >= 0.3 is 0 Å². The van der Waals surface area contributed by atoms with Gasteiger partial charge in [-0.1, -0.05) is 0 Å². The Morgan fingerprint density at radius 3 is 2.39 bits per heavy atom. The summed E-state index contributed by atoms with van der Waals surface area (Å²) in [6.45, 7) is 5.42. The minimum absolute atomic E-state index is 0. The van der Waals surface area contributed by atoms with Crippen molar-refractivity contribution in [1.82, 2.24) is 0 Å². The highest BCUT2D eigenvalue weighted by Crippen LogP contribution is 2.26. The lowest BCUT2D eigenvalue weighted by atomic mass is 10.1. The second kappa shape index (κ2) is 12.5. The molecule has 5 nitrogen and oxygen atoms in total. The molecular formula is C15H28Cl3N5. The van der Waals surface area contributed by atoms with Crippen LogP contribution in [0.2, 0.25) is 0 Å². The number of piperidine rings is 1. The molecule has 1 fully saturated rings. The van der Waals surface area contributed by atoms with Crippen molar-refractivity contribution in [2.45, 2.75) is 32.7 Å². The van der Waals surface area contributed by atoms with Crippen molar-refractivity contribution in [1.29, 1.82) is 0 Å². The minimum Gasteiger partial charge on any atom is -0.371 e.